The SMILES string of the molecule is COc1ccc2c(CNc3ccc(C(C)(C)C)cc3)cc(=O)oc2c1. The van der Waals surface area contributed by atoms with Gasteiger partial charge in [-0.05, 0) is 40.8 Å². The van der Waals surface area contributed by atoms with Crippen LogP contribution in [0, 0.1) is 0 Å². The van der Waals surface area contributed by atoms with E-state index in [4.69, 9.17) is 9.15 Å². The van der Waals surface area contributed by atoms with Crippen LogP contribution in [0.1, 0.15) is 31.9 Å². The lowest BCUT2D eigenvalue weighted by Crippen LogP contribution is -2.11. The van der Waals surface area contributed by atoms with E-state index in [1.807, 2.05) is 12.1 Å². The maximum Gasteiger partial charge on any atom is 0.336 e. The Morgan fingerprint density at radius 2 is 1.76 bits per heavy atom. The largest absolute Gasteiger partial charge is 0.497 e. The first-order chi connectivity index (χ1) is 11.9. The fraction of sp³-hybridized carbons (Fsp3) is 0.286. The number of hydrogen-bond acceptors (Lipinski definition) is 4. The minimum Gasteiger partial charge on any atom is -0.497 e. The summed E-state index contributed by atoms with van der Waals surface area (Å²) < 4.78 is 10.5. The smallest absolute Gasteiger partial charge is 0.336 e. The average Bonchev–Trinajstić information content (AvgIpc) is 2.58. The Balaban J connectivity index is 1.84. The van der Waals surface area contributed by atoms with Crippen molar-refractivity contribution in [2.24, 2.45) is 0 Å². The first kappa shape index (κ1) is 17.1. The second kappa shape index (κ2) is 6.63. The summed E-state index contributed by atoms with van der Waals surface area (Å²) in [6.07, 6.45) is 0. The lowest BCUT2D eigenvalue weighted by Gasteiger charge is -2.19. The molecule has 0 aliphatic rings. The third kappa shape index (κ3) is 3.85. The van der Waals surface area contributed by atoms with Crippen molar-refractivity contribution < 1.29 is 9.15 Å². The van der Waals surface area contributed by atoms with E-state index in [0.29, 0.717) is 17.9 Å². The van der Waals surface area contributed by atoms with Gasteiger partial charge in [0.15, 0.2) is 0 Å². The molecule has 1 N–H and O–H groups in total. The zero-order valence-electron chi connectivity index (χ0n) is 15.1. The van der Waals surface area contributed by atoms with Crippen molar-refractivity contribution in [1.82, 2.24) is 0 Å². The van der Waals surface area contributed by atoms with Crippen LogP contribution in [0.3, 0.4) is 0 Å². The van der Waals surface area contributed by atoms with Gasteiger partial charge in [0.2, 0.25) is 0 Å². The van der Waals surface area contributed by atoms with Crippen molar-refractivity contribution in [2.45, 2.75) is 32.7 Å². The number of anilines is 1. The van der Waals surface area contributed by atoms with Crippen LogP contribution in [-0.4, -0.2) is 7.11 Å². The number of hydrogen-bond donors (Lipinski definition) is 1. The Morgan fingerprint density at radius 3 is 2.40 bits per heavy atom. The van der Waals surface area contributed by atoms with Crippen LogP contribution < -0.4 is 15.7 Å². The summed E-state index contributed by atoms with van der Waals surface area (Å²) in [4.78, 5) is 11.8. The highest BCUT2D eigenvalue weighted by atomic mass is 16.5. The lowest BCUT2D eigenvalue weighted by atomic mass is 9.87. The maximum atomic E-state index is 11.8. The third-order valence-corrected chi connectivity index (χ3v) is 4.27. The first-order valence-corrected chi connectivity index (χ1v) is 8.32. The molecule has 25 heavy (non-hydrogen) atoms. The Kier molecular flexibility index (Phi) is 4.53. The normalized spacial score (nSPS) is 11.5. The fourth-order valence-electron chi connectivity index (χ4n) is 2.77. The standard InChI is InChI=1S/C21H23NO3/c1-21(2,3)15-5-7-16(8-6-15)22-13-14-11-20(23)25-19-12-17(24-4)9-10-18(14)19/h5-12,22H,13H2,1-4H3. The van der Waals surface area contributed by atoms with Crippen LogP contribution in [0.2, 0.25) is 0 Å². The summed E-state index contributed by atoms with van der Waals surface area (Å²) in [5, 5.41) is 4.28. The maximum absolute atomic E-state index is 11.8. The highest BCUT2D eigenvalue weighted by Gasteiger charge is 2.13. The van der Waals surface area contributed by atoms with Gasteiger partial charge in [0.1, 0.15) is 11.3 Å². The van der Waals surface area contributed by atoms with Crippen molar-refractivity contribution in [3.8, 4) is 5.75 Å². The molecule has 2 aromatic carbocycles. The van der Waals surface area contributed by atoms with Gasteiger partial charge in [-0.2, -0.15) is 0 Å². The molecule has 3 rings (SSSR count). The van der Waals surface area contributed by atoms with Gasteiger partial charge in [-0.1, -0.05) is 32.9 Å². The summed E-state index contributed by atoms with van der Waals surface area (Å²) >= 11 is 0. The Hall–Kier alpha value is -2.75. The number of methoxy groups -OCH3 is 1. The Labute approximate surface area is 147 Å². The minimum atomic E-state index is -0.361. The molecule has 0 atom stereocenters. The molecular weight excluding hydrogens is 314 g/mol. The highest BCUT2D eigenvalue weighted by Crippen LogP contribution is 2.25. The van der Waals surface area contributed by atoms with Crippen molar-refractivity contribution in [1.29, 1.82) is 0 Å². The van der Waals surface area contributed by atoms with Gasteiger partial charge >= 0.3 is 5.63 Å². The van der Waals surface area contributed by atoms with Gasteiger partial charge < -0.3 is 14.5 Å². The second-order valence-corrected chi connectivity index (χ2v) is 7.13. The second-order valence-electron chi connectivity index (χ2n) is 7.13. The zero-order chi connectivity index (χ0) is 18.0. The van der Waals surface area contributed by atoms with Crippen LogP contribution in [0.5, 0.6) is 5.75 Å². The topological polar surface area (TPSA) is 51.5 Å². The first-order valence-electron chi connectivity index (χ1n) is 8.32. The van der Waals surface area contributed by atoms with E-state index in [9.17, 15) is 4.79 Å². The number of rotatable bonds is 4. The molecule has 0 saturated carbocycles. The molecule has 0 radical (unpaired) electrons. The number of ether oxygens (including phenoxy) is 1. The highest BCUT2D eigenvalue weighted by molar-refractivity contribution is 5.81. The van der Waals surface area contributed by atoms with E-state index in [1.54, 1.807) is 13.2 Å². The van der Waals surface area contributed by atoms with E-state index in [-0.39, 0.29) is 11.0 Å². The molecule has 4 heteroatoms. The predicted molar refractivity (Wildman–Crippen MR) is 102 cm³/mol. The van der Waals surface area contributed by atoms with Crippen LogP contribution in [0.25, 0.3) is 11.0 Å². The molecule has 0 aliphatic heterocycles. The van der Waals surface area contributed by atoms with Gasteiger partial charge in [0.25, 0.3) is 0 Å². The average molecular weight is 337 g/mol. The molecule has 0 aliphatic carbocycles. The molecule has 0 unspecified atom stereocenters. The summed E-state index contributed by atoms with van der Waals surface area (Å²) in [7, 11) is 1.59. The fourth-order valence-corrected chi connectivity index (χ4v) is 2.77. The summed E-state index contributed by atoms with van der Waals surface area (Å²) in [6.45, 7) is 7.13. The van der Waals surface area contributed by atoms with E-state index >= 15 is 0 Å². The van der Waals surface area contributed by atoms with Crippen LogP contribution in [-0.2, 0) is 12.0 Å². The molecule has 0 spiro atoms. The molecule has 3 aromatic rings. The summed E-state index contributed by atoms with van der Waals surface area (Å²) in [6, 6.07) is 15.4. The minimum absolute atomic E-state index is 0.131. The van der Waals surface area contributed by atoms with Gasteiger partial charge in [-0.25, -0.2) is 4.79 Å². The molecular formula is C21H23NO3. The van der Waals surface area contributed by atoms with Crippen molar-refractivity contribution >= 4 is 16.7 Å². The molecule has 0 amide bonds. The number of benzene rings is 2. The van der Waals surface area contributed by atoms with Crippen LogP contribution in [0.15, 0.2) is 57.7 Å². The molecule has 0 fully saturated rings. The van der Waals surface area contributed by atoms with E-state index in [1.165, 1.54) is 11.6 Å². The summed E-state index contributed by atoms with van der Waals surface area (Å²) in [5.41, 5.74) is 3.51. The van der Waals surface area contributed by atoms with Crippen molar-refractivity contribution in [3.05, 3.63) is 70.1 Å². The monoisotopic (exact) mass is 337 g/mol. The van der Waals surface area contributed by atoms with Gasteiger partial charge in [0, 0.05) is 29.8 Å². The molecule has 130 valence electrons. The predicted octanol–water partition coefficient (Wildman–Crippen LogP) is 4.71. The molecule has 1 heterocycles. The van der Waals surface area contributed by atoms with E-state index < -0.39 is 0 Å². The van der Waals surface area contributed by atoms with Gasteiger partial charge in [0.05, 0.1) is 7.11 Å². The van der Waals surface area contributed by atoms with Gasteiger partial charge in [-0.3, -0.25) is 0 Å². The molecule has 0 bridgehead atoms. The van der Waals surface area contributed by atoms with Crippen molar-refractivity contribution in [2.75, 3.05) is 12.4 Å². The van der Waals surface area contributed by atoms with E-state index in [2.05, 4.69) is 50.4 Å². The third-order valence-electron chi connectivity index (χ3n) is 4.27. The summed E-state index contributed by atoms with van der Waals surface area (Å²) in [5.74, 6) is 0.665. The van der Waals surface area contributed by atoms with Crippen molar-refractivity contribution in [3.63, 3.8) is 0 Å². The quantitative estimate of drug-likeness (QED) is 0.701. The lowest BCUT2D eigenvalue weighted by molar-refractivity contribution is 0.414. The zero-order valence-corrected chi connectivity index (χ0v) is 15.1. The molecule has 0 saturated heterocycles. The van der Waals surface area contributed by atoms with Gasteiger partial charge in [-0.15, -0.1) is 0 Å². The Bertz CT molecular complexity index is 934. The van der Waals surface area contributed by atoms with E-state index in [0.717, 1.165) is 16.6 Å². The molecule has 4 nitrogen and oxygen atoms in total. The Morgan fingerprint density at radius 1 is 1.04 bits per heavy atom. The van der Waals surface area contributed by atoms with Crippen LogP contribution in [0.4, 0.5) is 5.69 Å². The molecule has 1 aromatic heterocycles. The number of nitrogens with one attached hydrogen (secondary N) is 1. The number of fused-ring (bicyclic) bond motifs is 1. The van der Waals surface area contributed by atoms with Crippen LogP contribution >= 0.6 is 0 Å².